The molecule has 0 bridgehead atoms. The molecule has 0 amide bonds. The SMILES string of the molecule is Cc1[c]c(F)c(F)[c]c1. The van der Waals surface area contributed by atoms with Crippen LogP contribution in [-0.2, 0) is 0 Å². The predicted octanol–water partition coefficient (Wildman–Crippen LogP) is 1.87. The van der Waals surface area contributed by atoms with Crippen LogP contribution in [0.4, 0.5) is 8.78 Å². The van der Waals surface area contributed by atoms with Gasteiger partial charge in [-0.1, -0.05) is 0 Å². The Kier molecular flexibility index (Phi) is 1.47. The van der Waals surface area contributed by atoms with Crippen LogP contribution in [0.15, 0.2) is 6.07 Å². The molecule has 0 aliphatic carbocycles. The molecule has 46 valence electrons. The Balaban J connectivity index is 3.17. The van der Waals surface area contributed by atoms with Gasteiger partial charge in [-0.3, -0.25) is 0 Å². The van der Waals surface area contributed by atoms with Crippen molar-refractivity contribution in [2.45, 2.75) is 6.92 Å². The van der Waals surface area contributed by atoms with Gasteiger partial charge in [-0.25, -0.2) is 8.78 Å². The average Bonchev–Trinajstić information content (AvgIpc) is 1.80. The highest BCUT2D eigenvalue weighted by molar-refractivity contribution is 5.12. The summed E-state index contributed by atoms with van der Waals surface area (Å²) in [5.41, 5.74) is 0.550. The topological polar surface area (TPSA) is 0 Å². The van der Waals surface area contributed by atoms with Crippen LogP contribution in [-0.4, -0.2) is 0 Å². The third-order valence-corrected chi connectivity index (χ3v) is 0.915. The summed E-state index contributed by atoms with van der Waals surface area (Å²) in [5, 5.41) is 0. The average molecular weight is 126 g/mol. The first kappa shape index (κ1) is 6.20. The zero-order valence-electron chi connectivity index (χ0n) is 4.83. The molecule has 2 heteroatoms. The molecule has 1 aromatic rings. The third-order valence-electron chi connectivity index (χ3n) is 0.915. The zero-order valence-corrected chi connectivity index (χ0v) is 4.83. The maximum Gasteiger partial charge on any atom is 0.167 e. The van der Waals surface area contributed by atoms with E-state index < -0.39 is 11.6 Å². The molecule has 0 unspecified atom stereocenters. The molecule has 1 rings (SSSR count). The lowest BCUT2D eigenvalue weighted by atomic mass is 10.2. The normalized spacial score (nSPS) is 9.67. The van der Waals surface area contributed by atoms with Gasteiger partial charge in [0.05, 0.1) is 0 Å². The Labute approximate surface area is 52.1 Å². The minimum absolute atomic E-state index is 0.550. The van der Waals surface area contributed by atoms with Gasteiger partial charge in [0.25, 0.3) is 0 Å². The number of aryl methyl sites for hydroxylation is 1. The molecule has 1 aromatic carbocycles. The Morgan fingerprint density at radius 2 is 2.00 bits per heavy atom. The summed E-state index contributed by atoms with van der Waals surface area (Å²) in [7, 11) is 0. The van der Waals surface area contributed by atoms with Crippen molar-refractivity contribution in [1.29, 1.82) is 0 Å². The molecule has 2 radical (unpaired) electrons. The van der Waals surface area contributed by atoms with E-state index in [0.717, 1.165) is 0 Å². The fourth-order valence-corrected chi connectivity index (χ4v) is 0.499. The van der Waals surface area contributed by atoms with Gasteiger partial charge in [0, 0.05) is 12.1 Å². The van der Waals surface area contributed by atoms with Crippen LogP contribution in [0, 0.1) is 30.7 Å². The fourth-order valence-electron chi connectivity index (χ4n) is 0.499. The monoisotopic (exact) mass is 126 g/mol. The van der Waals surface area contributed by atoms with Crippen molar-refractivity contribution in [3.8, 4) is 0 Å². The van der Waals surface area contributed by atoms with E-state index in [0.29, 0.717) is 5.56 Å². The lowest BCUT2D eigenvalue weighted by Gasteiger charge is -1.90. The van der Waals surface area contributed by atoms with Gasteiger partial charge in [-0.15, -0.1) is 0 Å². The molecule has 0 nitrogen and oxygen atoms in total. The standard InChI is InChI=1S/C7H4F2/c1-5-2-3-6(8)7(9)4-5/h2H,1H3. The summed E-state index contributed by atoms with van der Waals surface area (Å²) in [5.74, 6) is -1.93. The molecular weight excluding hydrogens is 122 g/mol. The lowest BCUT2D eigenvalue weighted by Crippen LogP contribution is -1.84. The van der Waals surface area contributed by atoms with Gasteiger partial charge >= 0.3 is 0 Å². The van der Waals surface area contributed by atoms with Crippen molar-refractivity contribution in [3.05, 3.63) is 35.4 Å². The maximum atomic E-state index is 12.1. The second-order valence-electron chi connectivity index (χ2n) is 1.72. The minimum Gasteiger partial charge on any atom is -0.203 e. The molecule has 0 atom stereocenters. The summed E-state index contributed by atoms with van der Waals surface area (Å²) in [6, 6.07) is 5.61. The highest BCUT2D eigenvalue weighted by atomic mass is 19.2. The van der Waals surface area contributed by atoms with E-state index in [4.69, 9.17) is 0 Å². The van der Waals surface area contributed by atoms with Crippen molar-refractivity contribution in [2.75, 3.05) is 0 Å². The number of halogens is 2. The van der Waals surface area contributed by atoms with Crippen LogP contribution in [0.3, 0.4) is 0 Å². The molecule has 0 N–H and O–H groups in total. The summed E-state index contributed by atoms with van der Waals surface area (Å²) < 4.78 is 24.2. The van der Waals surface area contributed by atoms with E-state index in [9.17, 15) is 8.78 Å². The molecule has 0 spiro atoms. The van der Waals surface area contributed by atoms with Crippen molar-refractivity contribution in [3.63, 3.8) is 0 Å². The van der Waals surface area contributed by atoms with Crippen molar-refractivity contribution < 1.29 is 8.78 Å². The Morgan fingerprint density at radius 1 is 1.33 bits per heavy atom. The van der Waals surface area contributed by atoms with E-state index in [1.807, 2.05) is 0 Å². The molecule has 9 heavy (non-hydrogen) atoms. The van der Waals surface area contributed by atoms with Gasteiger partial charge < -0.3 is 0 Å². The Morgan fingerprint density at radius 3 is 2.44 bits per heavy atom. The fraction of sp³-hybridized carbons (Fsp3) is 0.143. The van der Waals surface area contributed by atoms with Crippen LogP contribution >= 0.6 is 0 Å². The predicted molar refractivity (Wildman–Crippen MR) is 28.8 cm³/mol. The van der Waals surface area contributed by atoms with Gasteiger partial charge in [0.2, 0.25) is 0 Å². The molecule has 0 fully saturated rings. The number of hydrogen-bond acceptors (Lipinski definition) is 0. The molecule has 0 aliphatic heterocycles. The van der Waals surface area contributed by atoms with E-state index in [-0.39, 0.29) is 0 Å². The molecule has 0 aromatic heterocycles. The van der Waals surface area contributed by atoms with Gasteiger partial charge in [-0.2, -0.15) is 0 Å². The van der Waals surface area contributed by atoms with E-state index in [1.165, 1.54) is 6.07 Å². The van der Waals surface area contributed by atoms with E-state index >= 15 is 0 Å². The quantitative estimate of drug-likeness (QED) is 0.497. The number of benzene rings is 1. The highest BCUT2D eigenvalue weighted by Gasteiger charge is 1.98. The summed E-state index contributed by atoms with van der Waals surface area (Å²) in [6.45, 7) is 1.62. The molecule has 0 saturated carbocycles. The number of rotatable bonds is 0. The molecule has 0 heterocycles. The first-order valence-electron chi connectivity index (χ1n) is 2.46. The Hall–Kier alpha value is -0.920. The molecule has 0 saturated heterocycles. The van der Waals surface area contributed by atoms with Crippen molar-refractivity contribution >= 4 is 0 Å². The van der Waals surface area contributed by atoms with Crippen LogP contribution in [0.1, 0.15) is 5.56 Å². The second kappa shape index (κ2) is 2.13. The molecular formula is C7H4F2. The van der Waals surface area contributed by atoms with Crippen LogP contribution < -0.4 is 0 Å². The lowest BCUT2D eigenvalue weighted by molar-refractivity contribution is 0.504. The van der Waals surface area contributed by atoms with Gasteiger partial charge in [-0.05, 0) is 18.6 Å². The van der Waals surface area contributed by atoms with Crippen LogP contribution in [0.2, 0.25) is 0 Å². The summed E-state index contributed by atoms with van der Waals surface area (Å²) in [4.78, 5) is 0. The summed E-state index contributed by atoms with van der Waals surface area (Å²) >= 11 is 0. The Bertz CT molecular complexity index is 218. The third kappa shape index (κ3) is 1.25. The first-order valence-corrected chi connectivity index (χ1v) is 2.46. The summed E-state index contributed by atoms with van der Waals surface area (Å²) in [6.07, 6.45) is 0. The van der Waals surface area contributed by atoms with Crippen LogP contribution in [0.5, 0.6) is 0 Å². The minimum atomic E-state index is -0.972. The van der Waals surface area contributed by atoms with E-state index in [1.54, 1.807) is 6.92 Å². The zero-order chi connectivity index (χ0) is 6.85. The first-order chi connectivity index (χ1) is 4.20. The maximum absolute atomic E-state index is 12.1. The number of hydrogen-bond donors (Lipinski definition) is 0. The largest absolute Gasteiger partial charge is 0.203 e. The highest BCUT2D eigenvalue weighted by Crippen LogP contribution is 2.04. The second-order valence-corrected chi connectivity index (χ2v) is 1.72. The van der Waals surface area contributed by atoms with Crippen molar-refractivity contribution in [1.82, 2.24) is 0 Å². The van der Waals surface area contributed by atoms with Gasteiger partial charge in [0.15, 0.2) is 11.6 Å². The smallest absolute Gasteiger partial charge is 0.167 e. The molecule has 0 aliphatic rings. The van der Waals surface area contributed by atoms with E-state index in [2.05, 4.69) is 12.1 Å². The van der Waals surface area contributed by atoms with Gasteiger partial charge in [0.1, 0.15) is 0 Å². The van der Waals surface area contributed by atoms with Crippen LogP contribution in [0.25, 0.3) is 0 Å². The van der Waals surface area contributed by atoms with Crippen molar-refractivity contribution in [2.24, 2.45) is 0 Å².